The van der Waals surface area contributed by atoms with Crippen LogP contribution in [0.5, 0.6) is 0 Å². The molecule has 0 spiro atoms. The lowest BCUT2D eigenvalue weighted by Crippen LogP contribution is -2.31. The first-order valence-electron chi connectivity index (χ1n) is 4.21. The molecule has 5 nitrogen and oxygen atoms in total. The van der Waals surface area contributed by atoms with Gasteiger partial charge in [0.2, 0.25) is 0 Å². The van der Waals surface area contributed by atoms with E-state index < -0.39 is 9.84 Å². The van der Waals surface area contributed by atoms with Gasteiger partial charge in [-0.3, -0.25) is 4.84 Å². The van der Waals surface area contributed by atoms with Crippen molar-refractivity contribution < 1.29 is 18.0 Å². The van der Waals surface area contributed by atoms with E-state index in [1.807, 2.05) is 0 Å². The fraction of sp³-hybridized carbons (Fsp3) is 1.00. The van der Waals surface area contributed by atoms with Gasteiger partial charge in [0.15, 0.2) is 9.84 Å². The highest BCUT2D eigenvalue weighted by molar-refractivity contribution is 7.91. The van der Waals surface area contributed by atoms with Gasteiger partial charge in [0.1, 0.15) is 0 Å². The van der Waals surface area contributed by atoms with Gasteiger partial charge in [0.05, 0.1) is 24.7 Å². The Bertz CT molecular complexity index is 239. The van der Waals surface area contributed by atoms with Crippen molar-refractivity contribution >= 4 is 9.84 Å². The Morgan fingerprint density at radius 3 is 2.77 bits per heavy atom. The summed E-state index contributed by atoms with van der Waals surface area (Å²) in [4.78, 5) is 5.01. The van der Waals surface area contributed by atoms with Crippen molar-refractivity contribution in [1.82, 2.24) is 5.48 Å². The number of hydrogen-bond acceptors (Lipinski definition) is 5. The maximum absolute atomic E-state index is 11.0. The van der Waals surface area contributed by atoms with Crippen LogP contribution in [-0.2, 0) is 19.4 Å². The summed E-state index contributed by atoms with van der Waals surface area (Å²) in [5.41, 5.74) is 2.71. The molecule has 1 fully saturated rings. The van der Waals surface area contributed by atoms with Crippen LogP contribution in [0.15, 0.2) is 0 Å². The Hall–Kier alpha value is -0.170. The standard InChI is InChI=1S/C7H15NO4S/c1-11-3-4-12-8-7-2-5-13(9,10)6-7/h7-8H,2-6H2,1H3. The molecular formula is C7H15NO4S. The van der Waals surface area contributed by atoms with Crippen molar-refractivity contribution in [1.29, 1.82) is 0 Å². The average molecular weight is 209 g/mol. The predicted octanol–water partition coefficient (Wildman–Crippen LogP) is -0.659. The van der Waals surface area contributed by atoms with Crippen LogP contribution in [0.25, 0.3) is 0 Å². The molecular weight excluding hydrogens is 194 g/mol. The summed E-state index contributed by atoms with van der Waals surface area (Å²) in [5.74, 6) is 0.443. The minimum atomic E-state index is -2.81. The van der Waals surface area contributed by atoms with Crippen LogP contribution in [0.3, 0.4) is 0 Å². The highest BCUT2D eigenvalue weighted by Crippen LogP contribution is 2.10. The highest BCUT2D eigenvalue weighted by Gasteiger charge is 2.27. The van der Waals surface area contributed by atoms with E-state index in [0.29, 0.717) is 19.6 Å². The third-order valence-corrected chi connectivity index (χ3v) is 3.64. The van der Waals surface area contributed by atoms with E-state index in [2.05, 4.69) is 5.48 Å². The maximum Gasteiger partial charge on any atom is 0.151 e. The topological polar surface area (TPSA) is 64.6 Å². The molecule has 1 unspecified atom stereocenters. The number of rotatable bonds is 5. The van der Waals surface area contributed by atoms with Gasteiger partial charge in [-0.25, -0.2) is 8.42 Å². The molecule has 0 bridgehead atoms. The van der Waals surface area contributed by atoms with Crippen molar-refractivity contribution in [3.8, 4) is 0 Å². The lowest BCUT2D eigenvalue weighted by Gasteiger charge is -2.09. The molecule has 1 aliphatic heterocycles. The molecule has 0 aromatic rings. The van der Waals surface area contributed by atoms with E-state index in [0.717, 1.165) is 0 Å². The van der Waals surface area contributed by atoms with E-state index in [-0.39, 0.29) is 17.5 Å². The Balaban J connectivity index is 2.11. The summed E-state index contributed by atoms with van der Waals surface area (Å²) in [7, 11) is -1.23. The van der Waals surface area contributed by atoms with Gasteiger partial charge in [0.25, 0.3) is 0 Å². The van der Waals surface area contributed by atoms with Gasteiger partial charge in [-0.05, 0) is 6.42 Å². The molecule has 0 radical (unpaired) electrons. The average Bonchev–Trinajstić information content (AvgIpc) is 2.40. The third kappa shape index (κ3) is 4.04. The number of nitrogens with one attached hydrogen (secondary N) is 1. The molecule has 1 atom stereocenters. The summed E-state index contributed by atoms with van der Waals surface area (Å²) < 4.78 is 26.8. The summed E-state index contributed by atoms with van der Waals surface area (Å²) in [6.07, 6.45) is 0.634. The molecule has 0 saturated carbocycles. The molecule has 6 heteroatoms. The second-order valence-corrected chi connectivity index (χ2v) is 5.29. The van der Waals surface area contributed by atoms with Crippen LogP contribution >= 0.6 is 0 Å². The second kappa shape index (κ2) is 4.90. The van der Waals surface area contributed by atoms with Crippen molar-refractivity contribution in [3.05, 3.63) is 0 Å². The van der Waals surface area contributed by atoms with Crippen molar-refractivity contribution in [2.24, 2.45) is 0 Å². The first-order chi connectivity index (χ1) is 6.14. The monoisotopic (exact) mass is 209 g/mol. The van der Waals surface area contributed by atoms with Crippen LogP contribution in [0.1, 0.15) is 6.42 Å². The van der Waals surface area contributed by atoms with Crippen LogP contribution in [-0.4, -0.2) is 46.3 Å². The zero-order valence-electron chi connectivity index (χ0n) is 7.65. The van der Waals surface area contributed by atoms with Gasteiger partial charge in [0, 0.05) is 13.2 Å². The number of methoxy groups -OCH3 is 1. The number of hydrogen-bond donors (Lipinski definition) is 1. The first kappa shape index (κ1) is 10.9. The number of hydroxylamine groups is 1. The normalized spacial score (nSPS) is 26.4. The molecule has 0 amide bonds. The third-order valence-electron chi connectivity index (χ3n) is 1.87. The molecule has 0 aliphatic carbocycles. The minimum Gasteiger partial charge on any atom is -0.382 e. The SMILES string of the molecule is COCCONC1CCS(=O)(=O)C1. The maximum atomic E-state index is 11.0. The quantitative estimate of drug-likeness (QED) is 0.481. The van der Waals surface area contributed by atoms with Crippen LogP contribution in [0.4, 0.5) is 0 Å². The minimum absolute atomic E-state index is 0.0538. The van der Waals surface area contributed by atoms with E-state index in [1.54, 1.807) is 7.11 Å². The summed E-state index contributed by atoms with van der Waals surface area (Å²) in [6, 6.07) is -0.0538. The molecule has 0 aromatic carbocycles. The van der Waals surface area contributed by atoms with E-state index >= 15 is 0 Å². The van der Waals surface area contributed by atoms with Gasteiger partial charge in [-0.15, -0.1) is 0 Å². The molecule has 13 heavy (non-hydrogen) atoms. The van der Waals surface area contributed by atoms with Crippen molar-refractivity contribution in [2.45, 2.75) is 12.5 Å². The van der Waals surface area contributed by atoms with Crippen LogP contribution in [0, 0.1) is 0 Å². The first-order valence-corrected chi connectivity index (χ1v) is 6.03. The molecule has 1 heterocycles. The largest absolute Gasteiger partial charge is 0.382 e. The lowest BCUT2D eigenvalue weighted by molar-refractivity contribution is -0.00749. The zero-order chi connectivity index (χ0) is 9.73. The summed E-state index contributed by atoms with van der Waals surface area (Å²) >= 11 is 0. The Morgan fingerprint density at radius 2 is 2.23 bits per heavy atom. The smallest absolute Gasteiger partial charge is 0.151 e. The van der Waals surface area contributed by atoms with Crippen LogP contribution < -0.4 is 5.48 Å². The molecule has 1 saturated heterocycles. The lowest BCUT2D eigenvalue weighted by atomic mass is 10.3. The Morgan fingerprint density at radius 1 is 1.46 bits per heavy atom. The fourth-order valence-electron chi connectivity index (χ4n) is 1.19. The van der Waals surface area contributed by atoms with Gasteiger partial charge in [-0.2, -0.15) is 5.48 Å². The zero-order valence-corrected chi connectivity index (χ0v) is 8.47. The van der Waals surface area contributed by atoms with E-state index in [1.165, 1.54) is 0 Å². The van der Waals surface area contributed by atoms with Crippen molar-refractivity contribution in [3.63, 3.8) is 0 Å². The molecule has 78 valence electrons. The predicted molar refractivity (Wildman–Crippen MR) is 48.0 cm³/mol. The van der Waals surface area contributed by atoms with E-state index in [4.69, 9.17) is 9.57 Å². The second-order valence-electron chi connectivity index (χ2n) is 3.06. The number of sulfone groups is 1. The summed E-state index contributed by atoms with van der Waals surface area (Å²) in [6.45, 7) is 0.944. The van der Waals surface area contributed by atoms with Gasteiger partial charge >= 0.3 is 0 Å². The Kier molecular flexibility index (Phi) is 4.11. The van der Waals surface area contributed by atoms with Gasteiger partial charge in [-0.1, -0.05) is 0 Å². The Labute approximate surface area is 78.3 Å². The molecule has 1 N–H and O–H groups in total. The van der Waals surface area contributed by atoms with Crippen LogP contribution in [0.2, 0.25) is 0 Å². The fourth-order valence-corrected chi connectivity index (χ4v) is 2.85. The molecule has 0 aromatic heterocycles. The summed E-state index contributed by atoms with van der Waals surface area (Å²) in [5, 5.41) is 0. The van der Waals surface area contributed by atoms with E-state index in [9.17, 15) is 8.42 Å². The highest BCUT2D eigenvalue weighted by atomic mass is 32.2. The molecule has 1 rings (SSSR count). The number of ether oxygens (including phenoxy) is 1. The van der Waals surface area contributed by atoms with Crippen molar-refractivity contribution in [2.75, 3.05) is 31.8 Å². The van der Waals surface area contributed by atoms with Gasteiger partial charge < -0.3 is 4.74 Å². The molecule has 1 aliphatic rings.